The molecule has 1 aromatic heterocycles. The SMILES string of the molecule is Cc1oc2c(ccc3ccccc32)c(=O)c1C=O. The normalized spacial score (nSPS) is 10.9. The minimum absolute atomic E-state index is 0.0952. The maximum atomic E-state index is 12.1. The predicted molar refractivity (Wildman–Crippen MR) is 70.1 cm³/mol. The molecule has 0 N–H and O–H groups in total. The maximum absolute atomic E-state index is 12.1. The van der Waals surface area contributed by atoms with Crippen LogP contribution in [0.25, 0.3) is 21.7 Å². The minimum atomic E-state index is -0.269. The first kappa shape index (κ1) is 10.7. The van der Waals surface area contributed by atoms with Crippen LogP contribution in [0, 0.1) is 6.92 Å². The first-order valence-corrected chi connectivity index (χ1v) is 5.62. The van der Waals surface area contributed by atoms with Gasteiger partial charge in [0.05, 0.1) is 5.39 Å². The van der Waals surface area contributed by atoms with Gasteiger partial charge in [-0.25, -0.2) is 0 Å². The Kier molecular flexibility index (Phi) is 2.27. The van der Waals surface area contributed by atoms with Gasteiger partial charge < -0.3 is 4.42 Å². The van der Waals surface area contributed by atoms with Crippen molar-refractivity contribution in [3.63, 3.8) is 0 Å². The first-order valence-electron chi connectivity index (χ1n) is 5.62. The molecule has 3 nitrogen and oxygen atoms in total. The Morgan fingerprint density at radius 2 is 1.83 bits per heavy atom. The van der Waals surface area contributed by atoms with Gasteiger partial charge in [-0.2, -0.15) is 0 Å². The van der Waals surface area contributed by atoms with Crippen LogP contribution in [-0.4, -0.2) is 6.29 Å². The number of hydrogen-bond donors (Lipinski definition) is 0. The Balaban J connectivity index is 2.61. The van der Waals surface area contributed by atoms with E-state index < -0.39 is 0 Å². The predicted octanol–water partition coefficient (Wildman–Crippen LogP) is 3.07. The summed E-state index contributed by atoms with van der Waals surface area (Å²) in [6.07, 6.45) is 0.551. The standard InChI is InChI=1S/C15H10O3/c1-9-13(8-16)14(17)12-7-6-10-4-2-3-5-11(10)15(12)18-9/h2-8H,1H3. The fraction of sp³-hybridized carbons (Fsp3) is 0.0667. The average Bonchev–Trinajstić information content (AvgIpc) is 2.39. The van der Waals surface area contributed by atoms with Crippen molar-refractivity contribution >= 4 is 28.0 Å². The molecule has 2 aromatic carbocycles. The quantitative estimate of drug-likeness (QED) is 0.483. The summed E-state index contributed by atoms with van der Waals surface area (Å²) in [5, 5.41) is 2.33. The van der Waals surface area contributed by atoms with Gasteiger partial charge in [0.1, 0.15) is 16.9 Å². The smallest absolute Gasteiger partial charge is 0.203 e. The largest absolute Gasteiger partial charge is 0.460 e. The van der Waals surface area contributed by atoms with Crippen molar-refractivity contribution in [3.05, 3.63) is 57.9 Å². The van der Waals surface area contributed by atoms with E-state index in [2.05, 4.69) is 0 Å². The summed E-state index contributed by atoms with van der Waals surface area (Å²) in [6, 6.07) is 11.2. The van der Waals surface area contributed by atoms with Crippen LogP contribution < -0.4 is 5.43 Å². The van der Waals surface area contributed by atoms with Crippen LogP contribution in [0.3, 0.4) is 0 Å². The summed E-state index contributed by atoms with van der Waals surface area (Å²) in [7, 11) is 0. The molecule has 0 fully saturated rings. The average molecular weight is 238 g/mol. The highest BCUT2D eigenvalue weighted by Gasteiger charge is 2.12. The lowest BCUT2D eigenvalue weighted by Crippen LogP contribution is -2.10. The fourth-order valence-corrected chi connectivity index (χ4v) is 2.18. The van der Waals surface area contributed by atoms with Crippen LogP contribution in [0.1, 0.15) is 16.1 Å². The second-order valence-corrected chi connectivity index (χ2v) is 4.18. The van der Waals surface area contributed by atoms with Crippen molar-refractivity contribution in [2.24, 2.45) is 0 Å². The molecule has 0 aliphatic heterocycles. The summed E-state index contributed by atoms with van der Waals surface area (Å²) in [4.78, 5) is 23.0. The number of aldehydes is 1. The topological polar surface area (TPSA) is 47.3 Å². The van der Waals surface area contributed by atoms with E-state index in [-0.39, 0.29) is 11.0 Å². The van der Waals surface area contributed by atoms with Gasteiger partial charge in [0.15, 0.2) is 6.29 Å². The Morgan fingerprint density at radius 3 is 2.61 bits per heavy atom. The van der Waals surface area contributed by atoms with E-state index in [1.165, 1.54) is 0 Å². The van der Waals surface area contributed by atoms with E-state index in [0.717, 1.165) is 10.8 Å². The Morgan fingerprint density at radius 1 is 1.06 bits per heavy atom. The second kappa shape index (κ2) is 3.81. The zero-order valence-electron chi connectivity index (χ0n) is 9.77. The maximum Gasteiger partial charge on any atom is 0.203 e. The lowest BCUT2D eigenvalue weighted by Gasteiger charge is -2.05. The van der Waals surface area contributed by atoms with Gasteiger partial charge in [0.25, 0.3) is 0 Å². The first-order chi connectivity index (χ1) is 8.72. The molecule has 0 aliphatic carbocycles. The third-order valence-corrected chi connectivity index (χ3v) is 3.12. The van der Waals surface area contributed by atoms with Crippen molar-refractivity contribution in [1.29, 1.82) is 0 Å². The lowest BCUT2D eigenvalue weighted by atomic mass is 10.1. The summed E-state index contributed by atoms with van der Waals surface area (Å²) in [5.41, 5.74) is 0.369. The molecular weight excluding hydrogens is 228 g/mol. The van der Waals surface area contributed by atoms with E-state index in [1.54, 1.807) is 13.0 Å². The van der Waals surface area contributed by atoms with Crippen molar-refractivity contribution in [2.45, 2.75) is 6.92 Å². The van der Waals surface area contributed by atoms with Crippen LogP contribution >= 0.6 is 0 Å². The number of benzene rings is 2. The number of hydrogen-bond acceptors (Lipinski definition) is 3. The Labute approximate surface area is 103 Å². The molecule has 0 unspecified atom stereocenters. The van der Waals surface area contributed by atoms with Crippen LogP contribution in [0.5, 0.6) is 0 Å². The fourth-order valence-electron chi connectivity index (χ4n) is 2.18. The summed E-state index contributed by atoms with van der Waals surface area (Å²) in [6.45, 7) is 1.63. The molecule has 88 valence electrons. The molecule has 0 aliphatic rings. The number of carbonyl (C=O) groups is 1. The van der Waals surface area contributed by atoms with E-state index in [4.69, 9.17) is 4.42 Å². The van der Waals surface area contributed by atoms with Crippen molar-refractivity contribution in [3.8, 4) is 0 Å². The van der Waals surface area contributed by atoms with Crippen LogP contribution in [0.15, 0.2) is 45.6 Å². The molecule has 3 rings (SSSR count). The molecular formula is C15H10O3. The molecule has 0 saturated carbocycles. The van der Waals surface area contributed by atoms with Crippen molar-refractivity contribution < 1.29 is 9.21 Å². The lowest BCUT2D eigenvalue weighted by molar-refractivity contribution is 0.112. The third kappa shape index (κ3) is 1.37. The molecule has 3 aromatic rings. The van der Waals surface area contributed by atoms with Gasteiger partial charge in [-0.15, -0.1) is 0 Å². The van der Waals surface area contributed by atoms with E-state index in [9.17, 15) is 9.59 Å². The highest BCUT2D eigenvalue weighted by atomic mass is 16.3. The van der Waals surface area contributed by atoms with Gasteiger partial charge in [0, 0.05) is 5.39 Å². The van der Waals surface area contributed by atoms with E-state index in [1.807, 2.05) is 30.3 Å². The van der Waals surface area contributed by atoms with Crippen LogP contribution in [0.4, 0.5) is 0 Å². The second-order valence-electron chi connectivity index (χ2n) is 4.18. The monoisotopic (exact) mass is 238 g/mol. The molecule has 0 atom stereocenters. The van der Waals surface area contributed by atoms with Gasteiger partial charge >= 0.3 is 0 Å². The summed E-state index contributed by atoms with van der Waals surface area (Å²) >= 11 is 0. The molecule has 18 heavy (non-hydrogen) atoms. The minimum Gasteiger partial charge on any atom is -0.460 e. The molecule has 0 amide bonds. The number of carbonyl (C=O) groups excluding carboxylic acids is 1. The van der Waals surface area contributed by atoms with E-state index in [0.29, 0.717) is 23.0 Å². The zero-order valence-corrected chi connectivity index (χ0v) is 9.77. The molecule has 0 saturated heterocycles. The zero-order chi connectivity index (χ0) is 12.7. The van der Waals surface area contributed by atoms with Crippen molar-refractivity contribution in [2.75, 3.05) is 0 Å². The number of fused-ring (bicyclic) bond motifs is 3. The molecule has 1 heterocycles. The third-order valence-electron chi connectivity index (χ3n) is 3.12. The number of aryl methyl sites for hydroxylation is 1. The van der Waals surface area contributed by atoms with Crippen molar-refractivity contribution in [1.82, 2.24) is 0 Å². The van der Waals surface area contributed by atoms with Crippen LogP contribution in [-0.2, 0) is 0 Å². The van der Waals surface area contributed by atoms with Gasteiger partial charge in [-0.1, -0.05) is 30.3 Å². The molecule has 3 heteroatoms. The van der Waals surface area contributed by atoms with Gasteiger partial charge in [-0.05, 0) is 18.4 Å². The summed E-state index contributed by atoms with van der Waals surface area (Å²) in [5.74, 6) is 0.360. The van der Waals surface area contributed by atoms with Gasteiger partial charge in [0.2, 0.25) is 5.43 Å². The molecule has 0 spiro atoms. The molecule has 0 bridgehead atoms. The molecule has 0 radical (unpaired) electrons. The highest BCUT2D eigenvalue weighted by Crippen LogP contribution is 2.24. The van der Waals surface area contributed by atoms with E-state index >= 15 is 0 Å². The highest BCUT2D eigenvalue weighted by molar-refractivity contribution is 6.04. The Bertz CT molecular complexity index is 828. The van der Waals surface area contributed by atoms with Gasteiger partial charge in [-0.3, -0.25) is 9.59 Å². The summed E-state index contributed by atoms with van der Waals surface area (Å²) < 4.78 is 5.65. The number of rotatable bonds is 1. The van der Waals surface area contributed by atoms with Crippen LogP contribution in [0.2, 0.25) is 0 Å². The Hall–Kier alpha value is -2.42.